The van der Waals surface area contributed by atoms with Gasteiger partial charge < -0.3 is 5.32 Å². The van der Waals surface area contributed by atoms with Gasteiger partial charge in [0.15, 0.2) is 0 Å². The van der Waals surface area contributed by atoms with Crippen molar-refractivity contribution in [3.63, 3.8) is 0 Å². The van der Waals surface area contributed by atoms with Crippen LogP contribution in [0, 0.1) is 0 Å². The average Bonchev–Trinajstić information content (AvgIpc) is 2.50. The van der Waals surface area contributed by atoms with Gasteiger partial charge in [0.2, 0.25) is 5.91 Å². The van der Waals surface area contributed by atoms with Gasteiger partial charge in [0.1, 0.15) is 0 Å². The van der Waals surface area contributed by atoms with Crippen molar-refractivity contribution < 1.29 is 4.79 Å². The molecule has 0 aliphatic rings. The van der Waals surface area contributed by atoms with Gasteiger partial charge in [-0.1, -0.05) is 72.9 Å². The lowest BCUT2D eigenvalue weighted by molar-refractivity contribution is -0.117. The normalized spacial score (nSPS) is 12.0. The van der Waals surface area contributed by atoms with Crippen molar-refractivity contribution >= 4 is 34.8 Å². The van der Waals surface area contributed by atoms with Crippen LogP contribution in [0.5, 0.6) is 0 Å². The summed E-state index contributed by atoms with van der Waals surface area (Å²) in [7, 11) is 0. The Morgan fingerprint density at radius 1 is 1.10 bits per heavy atom. The summed E-state index contributed by atoms with van der Waals surface area (Å²) in [6, 6.07) is 15.0. The van der Waals surface area contributed by atoms with E-state index in [1.54, 1.807) is 18.2 Å². The largest absolute Gasteiger partial charge is 0.324 e. The summed E-state index contributed by atoms with van der Waals surface area (Å²) in [5.74, 6) is -0.251. The number of benzene rings is 2. The highest BCUT2D eigenvalue weighted by Crippen LogP contribution is 2.31. The van der Waals surface area contributed by atoms with Crippen molar-refractivity contribution in [2.24, 2.45) is 0 Å². The van der Waals surface area contributed by atoms with Crippen LogP contribution in [-0.2, 0) is 4.79 Å². The third kappa shape index (κ3) is 3.99. The molecule has 0 heterocycles. The van der Waals surface area contributed by atoms with E-state index in [0.29, 0.717) is 15.7 Å². The van der Waals surface area contributed by atoms with Crippen molar-refractivity contribution in [2.45, 2.75) is 25.7 Å². The van der Waals surface area contributed by atoms with E-state index in [0.717, 1.165) is 18.4 Å². The summed E-state index contributed by atoms with van der Waals surface area (Å²) in [5.41, 5.74) is 1.56. The summed E-state index contributed by atoms with van der Waals surface area (Å²) >= 11 is 12.1. The second kappa shape index (κ2) is 7.48. The van der Waals surface area contributed by atoms with E-state index in [2.05, 4.69) is 12.2 Å². The first-order valence-corrected chi connectivity index (χ1v) is 7.69. The molecule has 2 nitrogen and oxygen atoms in total. The van der Waals surface area contributed by atoms with Crippen LogP contribution in [0.4, 0.5) is 5.69 Å². The first-order chi connectivity index (χ1) is 10.1. The zero-order valence-corrected chi connectivity index (χ0v) is 13.3. The molecule has 1 unspecified atom stereocenters. The van der Waals surface area contributed by atoms with Gasteiger partial charge in [-0.2, -0.15) is 0 Å². The predicted molar refractivity (Wildman–Crippen MR) is 89.2 cm³/mol. The van der Waals surface area contributed by atoms with Crippen LogP contribution in [0.25, 0.3) is 0 Å². The van der Waals surface area contributed by atoms with E-state index < -0.39 is 0 Å². The highest BCUT2D eigenvalue weighted by molar-refractivity contribution is 6.44. The molecule has 2 aromatic rings. The van der Waals surface area contributed by atoms with Crippen LogP contribution in [0.3, 0.4) is 0 Å². The molecule has 0 radical (unpaired) electrons. The SMILES string of the molecule is CCCC(C(=O)Nc1cccc(Cl)c1Cl)c1ccccc1. The molecule has 1 N–H and O–H groups in total. The summed E-state index contributed by atoms with van der Waals surface area (Å²) in [4.78, 5) is 12.6. The van der Waals surface area contributed by atoms with Crippen molar-refractivity contribution in [2.75, 3.05) is 5.32 Å². The first-order valence-electron chi connectivity index (χ1n) is 6.93. The number of hydrogen-bond acceptors (Lipinski definition) is 1. The Kier molecular flexibility index (Phi) is 5.66. The van der Waals surface area contributed by atoms with Gasteiger partial charge in [-0.25, -0.2) is 0 Å². The topological polar surface area (TPSA) is 29.1 Å². The number of carbonyl (C=O) groups excluding carboxylic acids is 1. The van der Waals surface area contributed by atoms with E-state index in [9.17, 15) is 4.79 Å². The molecule has 0 fully saturated rings. The van der Waals surface area contributed by atoms with Crippen LogP contribution in [0.1, 0.15) is 31.2 Å². The van der Waals surface area contributed by atoms with Gasteiger partial charge >= 0.3 is 0 Å². The van der Waals surface area contributed by atoms with Crippen LogP contribution < -0.4 is 5.32 Å². The molecule has 1 amide bonds. The molecule has 2 rings (SSSR count). The van der Waals surface area contributed by atoms with Crippen LogP contribution in [0.15, 0.2) is 48.5 Å². The molecule has 0 saturated carbocycles. The molecule has 0 spiro atoms. The number of halogens is 2. The maximum Gasteiger partial charge on any atom is 0.231 e. The lowest BCUT2D eigenvalue weighted by Gasteiger charge is -2.17. The van der Waals surface area contributed by atoms with E-state index in [1.165, 1.54) is 0 Å². The Morgan fingerprint density at radius 2 is 1.81 bits per heavy atom. The Labute approximate surface area is 135 Å². The van der Waals surface area contributed by atoms with Crippen molar-refractivity contribution in [3.8, 4) is 0 Å². The maximum absolute atomic E-state index is 12.6. The van der Waals surface area contributed by atoms with Gasteiger partial charge in [0.05, 0.1) is 21.7 Å². The summed E-state index contributed by atoms with van der Waals surface area (Å²) in [6.45, 7) is 2.07. The summed E-state index contributed by atoms with van der Waals surface area (Å²) in [5, 5.41) is 3.68. The molecule has 0 aromatic heterocycles. The number of hydrogen-bond donors (Lipinski definition) is 1. The smallest absolute Gasteiger partial charge is 0.231 e. The minimum Gasteiger partial charge on any atom is -0.324 e. The molecule has 0 aliphatic carbocycles. The second-order valence-corrected chi connectivity index (χ2v) is 5.63. The monoisotopic (exact) mass is 321 g/mol. The molecule has 1 atom stereocenters. The summed E-state index contributed by atoms with van der Waals surface area (Å²) in [6.07, 6.45) is 1.71. The fourth-order valence-corrected chi connectivity index (χ4v) is 2.59. The van der Waals surface area contributed by atoms with Crippen molar-refractivity contribution in [1.82, 2.24) is 0 Å². The minimum absolute atomic E-state index is 0.0628. The summed E-state index contributed by atoms with van der Waals surface area (Å²) < 4.78 is 0. The zero-order chi connectivity index (χ0) is 15.2. The van der Waals surface area contributed by atoms with E-state index in [-0.39, 0.29) is 11.8 Å². The Hall–Kier alpha value is -1.51. The highest BCUT2D eigenvalue weighted by atomic mass is 35.5. The van der Waals surface area contributed by atoms with Crippen LogP contribution in [0.2, 0.25) is 10.0 Å². The number of anilines is 1. The van der Waals surface area contributed by atoms with E-state index in [4.69, 9.17) is 23.2 Å². The Bertz CT molecular complexity index is 613. The molecular formula is C17H17Cl2NO. The molecule has 0 bridgehead atoms. The first kappa shape index (κ1) is 15.9. The number of amides is 1. The Balaban J connectivity index is 2.21. The molecule has 4 heteroatoms. The van der Waals surface area contributed by atoms with Crippen LogP contribution in [-0.4, -0.2) is 5.91 Å². The predicted octanol–water partition coefficient (Wildman–Crippen LogP) is 5.52. The molecule has 2 aromatic carbocycles. The van der Waals surface area contributed by atoms with Gasteiger partial charge in [0, 0.05) is 0 Å². The molecule has 21 heavy (non-hydrogen) atoms. The third-order valence-corrected chi connectivity index (χ3v) is 4.12. The second-order valence-electron chi connectivity index (χ2n) is 4.84. The van der Waals surface area contributed by atoms with Crippen molar-refractivity contribution in [1.29, 1.82) is 0 Å². The van der Waals surface area contributed by atoms with Crippen molar-refractivity contribution in [3.05, 3.63) is 64.1 Å². The number of nitrogens with one attached hydrogen (secondary N) is 1. The molecule has 0 aliphatic heterocycles. The van der Waals surface area contributed by atoms with Gasteiger partial charge in [-0.3, -0.25) is 4.79 Å². The highest BCUT2D eigenvalue weighted by Gasteiger charge is 2.20. The van der Waals surface area contributed by atoms with Gasteiger partial charge in [0.25, 0.3) is 0 Å². The number of rotatable bonds is 5. The third-order valence-electron chi connectivity index (χ3n) is 3.31. The lowest BCUT2D eigenvalue weighted by atomic mass is 9.93. The molecule has 0 saturated heterocycles. The molecule has 110 valence electrons. The van der Waals surface area contributed by atoms with E-state index in [1.807, 2.05) is 30.3 Å². The fourth-order valence-electron chi connectivity index (χ4n) is 2.24. The van der Waals surface area contributed by atoms with Gasteiger partial charge in [-0.15, -0.1) is 0 Å². The minimum atomic E-state index is -0.189. The quantitative estimate of drug-likeness (QED) is 0.772. The van der Waals surface area contributed by atoms with Gasteiger partial charge in [-0.05, 0) is 24.1 Å². The average molecular weight is 322 g/mol. The lowest BCUT2D eigenvalue weighted by Crippen LogP contribution is -2.21. The Morgan fingerprint density at radius 3 is 2.48 bits per heavy atom. The van der Waals surface area contributed by atoms with E-state index >= 15 is 0 Å². The number of carbonyl (C=O) groups is 1. The molecular weight excluding hydrogens is 305 g/mol. The zero-order valence-electron chi connectivity index (χ0n) is 11.8. The standard InChI is InChI=1S/C17H17Cl2NO/c1-2-7-13(12-8-4-3-5-9-12)17(21)20-15-11-6-10-14(18)16(15)19/h3-6,8-11,13H,2,7H2,1H3,(H,20,21). The van der Waals surface area contributed by atoms with Crippen LogP contribution >= 0.6 is 23.2 Å². The fraction of sp³-hybridized carbons (Fsp3) is 0.235. The maximum atomic E-state index is 12.6.